The van der Waals surface area contributed by atoms with Crippen molar-refractivity contribution in [1.82, 2.24) is 4.98 Å². The first-order valence-corrected chi connectivity index (χ1v) is 9.43. The van der Waals surface area contributed by atoms with E-state index in [1.165, 1.54) is 19.2 Å². The van der Waals surface area contributed by atoms with Crippen LogP contribution in [0.1, 0.15) is 6.92 Å². The summed E-state index contributed by atoms with van der Waals surface area (Å²) in [5.41, 5.74) is 0.637. The van der Waals surface area contributed by atoms with Gasteiger partial charge < -0.3 is 4.90 Å². The van der Waals surface area contributed by atoms with E-state index < -0.39 is 10.0 Å². The summed E-state index contributed by atoms with van der Waals surface area (Å²) in [4.78, 5) is 18.3. The van der Waals surface area contributed by atoms with Gasteiger partial charge in [0.2, 0.25) is 5.91 Å². The largest absolute Gasteiger partial charge is 0.311 e. The van der Waals surface area contributed by atoms with Gasteiger partial charge in [-0.25, -0.2) is 13.4 Å². The number of hydrogen-bond donors (Lipinski definition) is 1. The fourth-order valence-electron chi connectivity index (χ4n) is 2.31. The predicted molar refractivity (Wildman–Crippen MR) is 90.2 cm³/mol. The van der Waals surface area contributed by atoms with Crippen LogP contribution in [-0.4, -0.2) is 31.6 Å². The maximum absolute atomic E-state index is 12.5. The second-order valence-corrected chi connectivity index (χ2v) is 7.79. The zero-order valence-corrected chi connectivity index (χ0v) is 14.0. The molecule has 1 amide bonds. The molecule has 2 aromatic rings. The second-order valence-electron chi connectivity index (χ2n) is 4.97. The fraction of sp³-hybridized carbons (Fsp3) is 0.200. The van der Waals surface area contributed by atoms with Crippen molar-refractivity contribution in [3.63, 3.8) is 0 Å². The number of sulfonamides is 1. The van der Waals surface area contributed by atoms with Crippen molar-refractivity contribution in [1.29, 1.82) is 0 Å². The van der Waals surface area contributed by atoms with E-state index in [9.17, 15) is 13.2 Å². The van der Waals surface area contributed by atoms with Crippen molar-refractivity contribution < 1.29 is 13.2 Å². The lowest BCUT2D eigenvalue weighted by Crippen LogP contribution is -2.33. The molecule has 0 bridgehead atoms. The Balaban J connectivity index is 1.97. The van der Waals surface area contributed by atoms with Crippen molar-refractivity contribution in [2.75, 3.05) is 21.9 Å². The highest BCUT2D eigenvalue weighted by Gasteiger charge is 2.24. The number of pyridine rings is 1. The summed E-state index contributed by atoms with van der Waals surface area (Å²) in [5.74, 6) is 0.951. The molecule has 0 fully saturated rings. The number of carbonyl (C=O) groups is 1. The topological polar surface area (TPSA) is 79.4 Å². The van der Waals surface area contributed by atoms with E-state index in [0.717, 1.165) is 10.6 Å². The fourth-order valence-corrected chi connectivity index (χ4v) is 4.31. The average Bonchev–Trinajstić information content (AvgIpc) is 2.54. The Morgan fingerprint density at radius 3 is 2.83 bits per heavy atom. The third-order valence-electron chi connectivity index (χ3n) is 3.39. The average molecular weight is 349 g/mol. The van der Waals surface area contributed by atoms with Crippen LogP contribution >= 0.6 is 11.8 Å². The Morgan fingerprint density at radius 1 is 1.30 bits per heavy atom. The summed E-state index contributed by atoms with van der Waals surface area (Å²) in [6.45, 7) is 2.05. The van der Waals surface area contributed by atoms with Gasteiger partial charge in [-0.05, 0) is 30.3 Å². The molecule has 0 unspecified atom stereocenters. The molecule has 1 aliphatic rings. The normalized spacial score (nSPS) is 14.2. The van der Waals surface area contributed by atoms with Crippen LogP contribution in [0.15, 0.2) is 52.4 Å². The first-order chi connectivity index (χ1) is 11.0. The van der Waals surface area contributed by atoms with E-state index in [1.54, 1.807) is 47.0 Å². The summed E-state index contributed by atoms with van der Waals surface area (Å²) < 4.78 is 27.4. The highest BCUT2D eigenvalue weighted by atomic mass is 32.2. The van der Waals surface area contributed by atoms with Crippen LogP contribution in [0.4, 0.5) is 11.5 Å². The molecule has 0 saturated heterocycles. The minimum absolute atomic E-state index is 0.0983. The number of anilines is 2. The molecular formula is C15H15N3O3S2. The molecule has 0 saturated carbocycles. The van der Waals surface area contributed by atoms with Gasteiger partial charge in [0.25, 0.3) is 10.0 Å². The maximum Gasteiger partial charge on any atom is 0.263 e. The summed E-state index contributed by atoms with van der Waals surface area (Å²) in [5, 5.41) is 0. The number of nitrogens with one attached hydrogen (secondary N) is 1. The standard InChI is InChI=1S/C15H15N3O3S2/c1-11(19)18-8-9-22-14-6-5-12(10-13(14)18)23(20,21)17-15-4-2-3-7-16-15/h2-7,10H,8-9H2,1H3,(H,16,17). The Morgan fingerprint density at radius 2 is 2.13 bits per heavy atom. The van der Waals surface area contributed by atoms with E-state index in [-0.39, 0.29) is 16.6 Å². The molecular weight excluding hydrogens is 334 g/mol. The van der Waals surface area contributed by atoms with Gasteiger partial charge in [0.1, 0.15) is 5.82 Å². The Labute approximate surface area is 139 Å². The van der Waals surface area contributed by atoms with E-state index in [0.29, 0.717) is 12.2 Å². The zero-order valence-electron chi connectivity index (χ0n) is 12.4. The number of fused-ring (bicyclic) bond motifs is 1. The summed E-state index contributed by atoms with van der Waals surface area (Å²) in [7, 11) is -3.76. The number of aromatic nitrogens is 1. The first-order valence-electron chi connectivity index (χ1n) is 6.96. The number of benzene rings is 1. The van der Waals surface area contributed by atoms with Crippen LogP contribution in [0.3, 0.4) is 0 Å². The Kier molecular flexibility index (Phi) is 4.27. The quantitative estimate of drug-likeness (QED) is 0.920. The van der Waals surface area contributed by atoms with Crippen LogP contribution in [0.2, 0.25) is 0 Å². The van der Waals surface area contributed by atoms with Crippen molar-refractivity contribution in [3.8, 4) is 0 Å². The predicted octanol–water partition coefficient (Wildman–Crippen LogP) is 2.34. The van der Waals surface area contributed by atoms with Crippen LogP contribution in [0, 0.1) is 0 Å². The molecule has 1 aromatic heterocycles. The molecule has 1 aliphatic heterocycles. The van der Waals surface area contributed by atoms with E-state index in [1.807, 2.05) is 0 Å². The number of hydrogen-bond acceptors (Lipinski definition) is 5. The third-order valence-corrected chi connectivity index (χ3v) is 5.78. The Hall–Kier alpha value is -2.06. The number of thioether (sulfide) groups is 1. The molecule has 6 nitrogen and oxygen atoms in total. The van der Waals surface area contributed by atoms with Crippen molar-refractivity contribution in [2.45, 2.75) is 16.7 Å². The van der Waals surface area contributed by atoms with Gasteiger partial charge in [0.05, 0.1) is 10.6 Å². The number of rotatable bonds is 3. The molecule has 8 heteroatoms. The summed E-state index contributed by atoms with van der Waals surface area (Å²) >= 11 is 1.61. The third kappa shape index (κ3) is 3.32. The van der Waals surface area contributed by atoms with Gasteiger partial charge in [-0.1, -0.05) is 6.07 Å². The number of amides is 1. The zero-order chi connectivity index (χ0) is 16.4. The molecule has 1 N–H and O–H groups in total. The maximum atomic E-state index is 12.5. The molecule has 0 radical (unpaired) electrons. The molecule has 0 aliphatic carbocycles. The first kappa shape index (κ1) is 15.8. The monoisotopic (exact) mass is 349 g/mol. The lowest BCUT2D eigenvalue weighted by molar-refractivity contribution is -0.116. The minimum Gasteiger partial charge on any atom is -0.311 e. The van der Waals surface area contributed by atoms with Crippen LogP contribution in [0.25, 0.3) is 0 Å². The molecule has 0 atom stereocenters. The SMILES string of the molecule is CC(=O)N1CCSc2ccc(S(=O)(=O)Nc3ccccn3)cc21. The van der Waals surface area contributed by atoms with Gasteiger partial charge in [-0.3, -0.25) is 9.52 Å². The molecule has 23 heavy (non-hydrogen) atoms. The van der Waals surface area contributed by atoms with Gasteiger partial charge in [0.15, 0.2) is 0 Å². The number of carbonyl (C=O) groups excluding carboxylic acids is 1. The van der Waals surface area contributed by atoms with Crippen LogP contribution in [-0.2, 0) is 14.8 Å². The highest BCUT2D eigenvalue weighted by molar-refractivity contribution is 7.99. The highest BCUT2D eigenvalue weighted by Crippen LogP contribution is 2.36. The molecule has 120 valence electrons. The van der Waals surface area contributed by atoms with Crippen LogP contribution in [0.5, 0.6) is 0 Å². The number of nitrogens with zero attached hydrogens (tertiary/aromatic N) is 2. The van der Waals surface area contributed by atoms with Gasteiger partial charge in [-0.2, -0.15) is 0 Å². The molecule has 3 rings (SSSR count). The summed E-state index contributed by atoms with van der Waals surface area (Å²) in [6, 6.07) is 9.80. The molecule has 0 spiro atoms. The van der Waals surface area contributed by atoms with Crippen molar-refractivity contribution >= 4 is 39.2 Å². The van der Waals surface area contributed by atoms with Crippen molar-refractivity contribution in [3.05, 3.63) is 42.6 Å². The smallest absolute Gasteiger partial charge is 0.263 e. The second kappa shape index (κ2) is 6.21. The van der Waals surface area contributed by atoms with Crippen LogP contribution < -0.4 is 9.62 Å². The minimum atomic E-state index is -3.76. The Bertz CT molecular complexity index is 838. The lowest BCUT2D eigenvalue weighted by Gasteiger charge is -2.28. The van der Waals surface area contributed by atoms with Gasteiger partial charge in [-0.15, -0.1) is 11.8 Å². The van der Waals surface area contributed by atoms with E-state index in [4.69, 9.17) is 0 Å². The van der Waals surface area contributed by atoms with Crippen molar-refractivity contribution in [2.24, 2.45) is 0 Å². The van der Waals surface area contributed by atoms with E-state index in [2.05, 4.69) is 9.71 Å². The molecule has 2 heterocycles. The van der Waals surface area contributed by atoms with Gasteiger partial charge in [0, 0.05) is 30.3 Å². The summed E-state index contributed by atoms with van der Waals surface area (Å²) in [6.07, 6.45) is 1.51. The molecule has 1 aromatic carbocycles. The van der Waals surface area contributed by atoms with Gasteiger partial charge >= 0.3 is 0 Å². The van der Waals surface area contributed by atoms with E-state index >= 15 is 0 Å². The lowest BCUT2D eigenvalue weighted by atomic mass is 10.2.